The first-order chi connectivity index (χ1) is 8.61. The van der Waals surface area contributed by atoms with Gasteiger partial charge in [-0.1, -0.05) is 0 Å². The van der Waals surface area contributed by atoms with Crippen LogP contribution in [-0.2, 0) is 20.7 Å². The zero-order valence-electron chi connectivity index (χ0n) is 10.5. The Hall–Kier alpha value is -1.43. The van der Waals surface area contributed by atoms with E-state index in [9.17, 15) is 9.59 Å². The molecule has 1 unspecified atom stereocenters. The third kappa shape index (κ3) is 2.69. The molecule has 0 aromatic carbocycles. The van der Waals surface area contributed by atoms with Gasteiger partial charge >= 0.3 is 5.97 Å². The quantitative estimate of drug-likeness (QED) is 0.772. The summed E-state index contributed by atoms with van der Waals surface area (Å²) in [7, 11) is 1.35. The lowest BCUT2D eigenvalue weighted by atomic mass is 10.2. The van der Waals surface area contributed by atoms with E-state index in [1.165, 1.54) is 18.4 Å². The molecule has 1 atom stereocenters. The predicted octanol–water partition coefficient (Wildman–Crippen LogP) is 1.16. The van der Waals surface area contributed by atoms with Gasteiger partial charge in [0.15, 0.2) is 0 Å². The molecule has 5 nitrogen and oxygen atoms in total. The number of aryl methyl sites for hydroxylation is 1. The highest BCUT2D eigenvalue weighted by Gasteiger charge is 2.34. The number of esters is 1. The van der Waals surface area contributed by atoms with E-state index in [4.69, 9.17) is 4.74 Å². The molecule has 1 amide bonds. The van der Waals surface area contributed by atoms with Crippen LogP contribution >= 0.6 is 11.3 Å². The van der Waals surface area contributed by atoms with Crippen molar-refractivity contribution in [2.24, 2.45) is 0 Å². The number of rotatable bonds is 3. The minimum Gasteiger partial charge on any atom is -0.467 e. The van der Waals surface area contributed by atoms with E-state index >= 15 is 0 Å². The molecule has 6 heteroatoms. The van der Waals surface area contributed by atoms with Crippen molar-refractivity contribution in [3.63, 3.8) is 0 Å². The monoisotopic (exact) mass is 268 g/mol. The van der Waals surface area contributed by atoms with Crippen molar-refractivity contribution in [1.29, 1.82) is 0 Å². The smallest absolute Gasteiger partial charge is 0.328 e. The summed E-state index contributed by atoms with van der Waals surface area (Å²) in [6, 6.07) is -0.415. The molecule has 1 saturated heterocycles. The zero-order chi connectivity index (χ0) is 13.1. The molecule has 0 aliphatic carbocycles. The summed E-state index contributed by atoms with van der Waals surface area (Å²) in [6.07, 6.45) is 1.80. The Morgan fingerprint density at radius 2 is 2.39 bits per heavy atom. The highest BCUT2D eigenvalue weighted by molar-refractivity contribution is 7.09. The van der Waals surface area contributed by atoms with Gasteiger partial charge < -0.3 is 9.64 Å². The van der Waals surface area contributed by atoms with Crippen molar-refractivity contribution in [2.45, 2.75) is 32.2 Å². The Bertz CT molecular complexity index is 458. The van der Waals surface area contributed by atoms with Crippen LogP contribution in [0.25, 0.3) is 0 Å². The lowest BCUT2D eigenvalue weighted by molar-refractivity contribution is -0.150. The summed E-state index contributed by atoms with van der Waals surface area (Å²) in [5.41, 5.74) is 0.776. The molecule has 2 heterocycles. The second-order valence-electron chi connectivity index (χ2n) is 4.30. The second-order valence-corrected chi connectivity index (χ2v) is 5.37. The van der Waals surface area contributed by atoms with E-state index in [0.29, 0.717) is 13.0 Å². The van der Waals surface area contributed by atoms with Crippen molar-refractivity contribution in [2.75, 3.05) is 13.7 Å². The fourth-order valence-corrected chi connectivity index (χ4v) is 2.80. The fraction of sp³-hybridized carbons (Fsp3) is 0.583. The molecule has 1 aromatic heterocycles. The molecule has 0 N–H and O–H groups in total. The van der Waals surface area contributed by atoms with E-state index in [1.807, 2.05) is 12.3 Å². The van der Waals surface area contributed by atoms with E-state index in [1.54, 1.807) is 4.90 Å². The van der Waals surface area contributed by atoms with Gasteiger partial charge in [0.2, 0.25) is 5.91 Å². The summed E-state index contributed by atoms with van der Waals surface area (Å²) < 4.78 is 4.72. The third-order valence-corrected chi connectivity index (χ3v) is 3.87. The first-order valence-electron chi connectivity index (χ1n) is 5.90. The van der Waals surface area contributed by atoms with E-state index in [-0.39, 0.29) is 18.3 Å². The molecule has 1 aliphatic heterocycles. The van der Waals surface area contributed by atoms with Crippen molar-refractivity contribution in [1.82, 2.24) is 9.88 Å². The second kappa shape index (κ2) is 5.48. The van der Waals surface area contributed by atoms with Crippen LogP contribution in [0.1, 0.15) is 23.5 Å². The number of hydrogen-bond acceptors (Lipinski definition) is 5. The topological polar surface area (TPSA) is 59.5 Å². The number of hydrogen-bond donors (Lipinski definition) is 0. The number of methoxy groups -OCH3 is 1. The van der Waals surface area contributed by atoms with E-state index in [0.717, 1.165) is 17.1 Å². The standard InChI is InChI=1S/C12H16N2O3S/c1-8-13-9(7-18-8)6-11(15)14-5-3-4-10(14)12(16)17-2/h7,10H,3-6H2,1-2H3. The average molecular weight is 268 g/mol. The maximum absolute atomic E-state index is 12.1. The van der Waals surface area contributed by atoms with E-state index in [2.05, 4.69) is 4.98 Å². The Labute approximate surface area is 110 Å². The first-order valence-corrected chi connectivity index (χ1v) is 6.78. The van der Waals surface area contributed by atoms with Gasteiger partial charge in [-0.15, -0.1) is 11.3 Å². The summed E-state index contributed by atoms with van der Waals surface area (Å²) in [4.78, 5) is 29.6. The molecule has 0 spiro atoms. The van der Waals surface area contributed by atoms with Gasteiger partial charge in [-0.2, -0.15) is 0 Å². The van der Waals surface area contributed by atoms with Crippen LogP contribution in [-0.4, -0.2) is 41.5 Å². The minimum absolute atomic E-state index is 0.0480. The summed E-state index contributed by atoms with van der Waals surface area (Å²) in [5.74, 6) is -0.372. The Morgan fingerprint density at radius 1 is 1.61 bits per heavy atom. The van der Waals surface area contributed by atoms with Gasteiger partial charge in [-0.3, -0.25) is 4.79 Å². The number of likely N-dealkylation sites (tertiary alicyclic amines) is 1. The summed E-state index contributed by atoms with van der Waals surface area (Å²) in [5, 5.41) is 2.83. The fourth-order valence-electron chi connectivity index (χ4n) is 2.19. The van der Waals surface area contributed by atoms with Crippen molar-refractivity contribution < 1.29 is 14.3 Å². The van der Waals surface area contributed by atoms with Crippen LogP contribution in [0.4, 0.5) is 0 Å². The minimum atomic E-state index is -0.415. The van der Waals surface area contributed by atoms with Gasteiger partial charge in [0.05, 0.1) is 24.2 Å². The highest BCUT2D eigenvalue weighted by Crippen LogP contribution is 2.20. The molecule has 18 heavy (non-hydrogen) atoms. The summed E-state index contributed by atoms with van der Waals surface area (Å²) >= 11 is 1.53. The normalized spacial score (nSPS) is 19.0. The Kier molecular flexibility index (Phi) is 3.96. The van der Waals surface area contributed by atoms with E-state index < -0.39 is 6.04 Å². The molecule has 1 aromatic rings. The molecule has 98 valence electrons. The Morgan fingerprint density at radius 3 is 3.00 bits per heavy atom. The number of aromatic nitrogens is 1. The van der Waals surface area contributed by atoms with Crippen molar-refractivity contribution in [3.8, 4) is 0 Å². The van der Waals surface area contributed by atoms with Gasteiger partial charge in [0, 0.05) is 11.9 Å². The summed E-state index contributed by atoms with van der Waals surface area (Å²) in [6.45, 7) is 2.54. The number of ether oxygens (including phenoxy) is 1. The zero-order valence-corrected chi connectivity index (χ0v) is 11.3. The highest BCUT2D eigenvalue weighted by atomic mass is 32.1. The number of thiazole rings is 1. The number of carbonyl (C=O) groups excluding carboxylic acids is 2. The lowest BCUT2D eigenvalue weighted by Gasteiger charge is -2.22. The van der Waals surface area contributed by atoms with Crippen LogP contribution in [0.5, 0.6) is 0 Å². The molecular weight excluding hydrogens is 252 g/mol. The van der Waals surface area contributed by atoms with Crippen LogP contribution in [0.2, 0.25) is 0 Å². The predicted molar refractivity (Wildman–Crippen MR) is 67.3 cm³/mol. The molecule has 0 radical (unpaired) electrons. The van der Waals surface area contributed by atoms with Crippen LogP contribution < -0.4 is 0 Å². The van der Waals surface area contributed by atoms with Crippen LogP contribution in [0, 0.1) is 6.92 Å². The first kappa shape index (κ1) is 13.0. The van der Waals surface area contributed by atoms with Crippen molar-refractivity contribution in [3.05, 3.63) is 16.1 Å². The molecule has 1 aliphatic rings. The maximum Gasteiger partial charge on any atom is 0.328 e. The number of nitrogens with zero attached hydrogens (tertiary/aromatic N) is 2. The molecule has 2 rings (SSSR count). The van der Waals surface area contributed by atoms with Gasteiger partial charge in [0.25, 0.3) is 0 Å². The molecule has 0 bridgehead atoms. The molecular formula is C12H16N2O3S. The third-order valence-electron chi connectivity index (χ3n) is 3.05. The SMILES string of the molecule is COC(=O)C1CCCN1C(=O)Cc1csc(C)n1. The Balaban J connectivity index is 2.02. The van der Waals surface area contributed by atoms with Gasteiger partial charge in [-0.25, -0.2) is 9.78 Å². The number of carbonyl (C=O) groups is 2. The average Bonchev–Trinajstić information content (AvgIpc) is 2.97. The van der Waals surface area contributed by atoms with Crippen molar-refractivity contribution >= 4 is 23.2 Å². The van der Waals surface area contributed by atoms with Gasteiger partial charge in [-0.05, 0) is 19.8 Å². The lowest BCUT2D eigenvalue weighted by Crippen LogP contribution is -2.41. The number of amides is 1. The van der Waals surface area contributed by atoms with Crippen LogP contribution in [0.15, 0.2) is 5.38 Å². The largest absolute Gasteiger partial charge is 0.467 e. The maximum atomic E-state index is 12.1. The van der Waals surface area contributed by atoms with Gasteiger partial charge in [0.1, 0.15) is 6.04 Å². The molecule has 1 fully saturated rings. The van der Waals surface area contributed by atoms with Crippen LogP contribution in [0.3, 0.4) is 0 Å². The molecule has 0 saturated carbocycles.